The number of rotatable bonds is 11. The first-order valence-electron chi connectivity index (χ1n) is 9.67. The van der Waals surface area contributed by atoms with Crippen LogP contribution >= 0.6 is 0 Å². The lowest BCUT2D eigenvalue weighted by Gasteiger charge is -2.13. The Bertz CT molecular complexity index is 823. The second kappa shape index (κ2) is 11.6. The van der Waals surface area contributed by atoms with Crippen LogP contribution in [0.3, 0.4) is 0 Å². The summed E-state index contributed by atoms with van der Waals surface area (Å²) in [5, 5.41) is 5.51. The van der Waals surface area contributed by atoms with Crippen LogP contribution in [0.4, 0.5) is 5.69 Å². The number of hydrogen-bond acceptors (Lipinski definition) is 5. The normalized spacial score (nSPS) is 10.2. The Morgan fingerprint density at radius 3 is 2.41 bits per heavy atom. The van der Waals surface area contributed by atoms with Crippen molar-refractivity contribution in [1.82, 2.24) is 5.32 Å². The molecule has 7 nitrogen and oxygen atoms in total. The number of anilines is 1. The standard InChI is InChI=1S/C22H28N2O5/c1-4-27-20-10-9-17(13-21(20)28-5-2)11-12-23-22(26)15-29-19-8-6-7-18(14-19)24-16(3)25/h6-10,13-14H,4-5,11-12,15H2,1-3H3,(H,23,26)(H,24,25). The van der Waals surface area contributed by atoms with Crippen LogP contribution in [0.5, 0.6) is 17.2 Å². The molecular weight excluding hydrogens is 372 g/mol. The molecule has 156 valence electrons. The highest BCUT2D eigenvalue weighted by atomic mass is 16.5. The number of carbonyl (C=O) groups is 2. The van der Waals surface area contributed by atoms with Gasteiger partial charge in [0.15, 0.2) is 18.1 Å². The minimum atomic E-state index is -0.217. The summed E-state index contributed by atoms with van der Waals surface area (Å²) >= 11 is 0. The molecule has 29 heavy (non-hydrogen) atoms. The first-order valence-corrected chi connectivity index (χ1v) is 9.67. The first-order chi connectivity index (χ1) is 14.0. The number of benzene rings is 2. The smallest absolute Gasteiger partial charge is 0.257 e. The van der Waals surface area contributed by atoms with Crippen molar-refractivity contribution in [3.8, 4) is 17.2 Å². The van der Waals surface area contributed by atoms with E-state index in [2.05, 4.69) is 10.6 Å². The van der Waals surface area contributed by atoms with E-state index >= 15 is 0 Å². The van der Waals surface area contributed by atoms with Gasteiger partial charge in [-0.25, -0.2) is 0 Å². The van der Waals surface area contributed by atoms with E-state index in [1.54, 1.807) is 24.3 Å². The van der Waals surface area contributed by atoms with Gasteiger partial charge in [0, 0.05) is 25.2 Å². The Morgan fingerprint density at radius 2 is 1.69 bits per heavy atom. The molecule has 0 aliphatic heterocycles. The summed E-state index contributed by atoms with van der Waals surface area (Å²) in [6.07, 6.45) is 0.663. The Hall–Kier alpha value is -3.22. The van der Waals surface area contributed by atoms with E-state index in [0.29, 0.717) is 43.4 Å². The molecular formula is C22H28N2O5. The van der Waals surface area contributed by atoms with Gasteiger partial charge >= 0.3 is 0 Å². The monoisotopic (exact) mass is 400 g/mol. The van der Waals surface area contributed by atoms with Gasteiger partial charge in [0.05, 0.1) is 13.2 Å². The fourth-order valence-corrected chi connectivity index (χ4v) is 2.66. The van der Waals surface area contributed by atoms with Crippen molar-refractivity contribution in [2.45, 2.75) is 27.2 Å². The maximum absolute atomic E-state index is 12.0. The third-order valence-corrected chi connectivity index (χ3v) is 3.87. The average molecular weight is 400 g/mol. The molecule has 0 bridgehead atoms. The van der Waals surface area contributed by atoms with Crippen LogP contribution in [0, 0.1) is 0 Å². The van der Waals surface area contributed by atoms with E-state index in [1.165, 1.54) is 6.92 Å². The van der Waals surface area contributed by atoms with Crippen LogP contribution in [-0.4, -0.2) is 38.2 Å². The SMILES string of the molecule is CCOc1ccc(CCNC(=O)COc2cccc(NC(C)=O)c2)cc1OCC. The molecule has 0 aliphatic rings. The topological polar surface area (TPSA) is 85.9 Å². The highest BCUT2D eigenvalue weighted by molar-refractivity contribution is 5.88. The molecule has 0 fully saturated rings. The van der Waals surface area contributed by atoms with Crippen LogP contribution in [0.2, 0.25) is 0 Å². The number of hydrogen-bond donors (Lipinski definition) is 2. The van der Waals surface area contributed by atoms with Gasteiger partial charge in [-0.2, -0.15) is 0 Å². The van der Waals surface area contributed by atoms with Gasteiger partial charge in [0.2, 0.25) is 5.91 Å². The van der Waals surface area contributed by atoms with Gasteiger partial charge in [0.1, 0.15) is 5.75 Å². The molecule has 2 aromatic carbocycles. The quantitative estimate of drug-likeness (QED) is 0.605. The van der Waals surface area contributed by atoms with Crippen molar-refractivity contribution in [3.05, 3.63) is 48.0 Å². The van der Waals surface area contributed by atoms with Crippen LogP contribution in [0.15, 0.2) is 42.5 Å². The molecule has 0 atom stereocenters. The van der Waals surface area contributed by atoms with Gasteiger partial charge in [-0.15, -0.1) is 0 Å². The van der Waals surface area contributed by atoms with Crippen LogP contribution in [-0.2, 0) is 16.0 Å². The summed E-state index contributed by atoms with van der Waals surface area (Å²) in [7, 11) is 0. The number of ether oxygens (including phenoxy) is 3. The maximum atomic E-state index is 12.0. The number of nitrogens with one attached hydrogen (secondary N) is 2. The molecule has 0 aliphatic carbocycles. The van der Waals surface area contributed by atoms with Crippen LogP contribution < -0.4 is 24.8 Å². The minimum Gasteiger partial charge on any atom is -0.490 e. The number of amides is 2. The van der Waals surface area contributed by atoms with E-state index in [0.717, 1.165) is 11.3 Å². The van der Waals surface area contributed by atoms with Gasteiger partial charge in [0.25, 0.3) is 5.91 Å². The molecule has 2 aromatic rings. The van der Waals surface area contributed by atoms with Gasteiger partial charge in [-0.3, -0.25) is 9.59 Å². The van der Waals surface area contributed by atoms with E-state index in [9.17, 15) is 9.59 Å². The summed E-state index contributed by atoms with van der Waals surface area (Å²) in [4.78, 5) is 23.1. The molecule has 0 saturated heterocycles. The van der Waals surface area contributed by atoms with Gasteiger partial charge in [-0.1, -0.05) is 12.1 Å². The summed E-state index contributed by atoms with van der Waals surface area (Å²) in [5.74, 6) is 1.56. The summed E-state index contributed by atoms with van der Waals surface area (Å²) in [5.41, 5.74) is 1.66. The second-order valence-corrected chi connectivity index (χ2v) is 6.24. The number of carbonyl (C=O) groups excluding carboxylic acids is 2. The Labute approximate surface area is 171 Å². The predicted molar refractivity (Wildman–Crippen MR) is 112 cm³/mol. The Balaban J connectivity index is 1.79. The molecule has 0 spiro atoms. The van der Waals surface area contributed by atoms with Crippen molar-refractivity contribution in [2.75, 3.05) is 31.7 Å². The molecule has 2 N–H and O–H groups in total. The largest absolute Gasteiger partial charge is 0.490 e. The lowest BCUT2D eigenvalue weighted by Crippen LogP contribution is -2.30. The van der Waals surface area contributed by atoms with Crippen molar-refractivity contribution in [3.63, 3.8) is 0 Å². The van der Waals surface area contributed by atoms with E-state index in [1.807, 2.05) is 32.0 Å². The molecule has 2 rings (SSSR count). The van der Waals surface area contributed by atoms with E-state index < -0.39 is 0 Å². The lowest BCUT2D eigenvalue weighted by atomic mass is 10.1. The van der Waals surface area contributed by atoms with Gasteiger partial charge < -0.3 is 24.8 Å². The average Bonchev–Trinajstić information content (AvgIpc) is 2.68. The minimum absolute atomic E-state index is 0.100. The zero-order chi connectivity index (χ0) is 21.1. The summed E-state index contributed by atoms with van der Waals surface area (Å²) < 4.78 is 16.7. The van der Waals surface area contributed by atoms with Gasteiger partial charge in [-0.05, 0) is 50.1 Å². The lowest BCUT2D eigenvalue weighted by molar-refractivity contribution is -0.123. The fraction of sp³-hybridized carbons (Fsp3) is 0.364. The fourth-order valence-electron chi connectivity index (χ4n) is 2.66. The molecule has 0 radical (unpaired) electrons. The highest BCUT2D eigenvalue weighted by Gasteiger charge is 2.08. The van der Waals surface area contributed by atoms with E-state index in [-0.39, 0.29) is 18.4 Å². The van der Waals surface area contributed by atoms with Crippen molar-refractivity contribution in [2.24, 2.45) is 0 Å². The molecule has 2 amide bonds. The molecule has 7 heteroatoms. The molecule has 0 unspecified atom stereocenters. The summed E-state index contributed by atoms with van der Waals surface area (Å²) in [6, 6.07) is 12.7. The maximum Gasteiger partial charge on any atom is 0.257 e. The molecule has 0 aromatic heterocycles. The van der Waals surface area contributed by atoms with Crippen molar-refractivity contribution >= 4 is 17.5 Å². The molecule has 0 saturated carbocycles. The van der Waals surface area contributed by atoms with Crippen molar-refractivity contribution in [1.29, 1.82) is 0 Å². The predicted octanol–water partition coefficient (Wildman–Crippen LogP) is 3.18. The van der Waals surface area contributed by atoms with Crippen LogP contribution in [0.25, 0.3) is 0 Å². The zero-order valence-corrected chi connectivity index (χ0v) is 17.1. The second-order valence-electron chi connectivity index (χ2n) is 6.24. The zero-order valence-electron chi connectivity index (χ0n) is 17.1. The van der Waals surface area contributed by atoms with Crippen LogP contribution in [0.1, 0.15) is 26.3 Å². The summed E-state index contributed by atoms with van der Waals surface area (Å²) in [6.45, 7) is 6.79. The van der Waals surface area contributed by atoms with E-state index in [4.69, 9.17) is 14.2 Å². The Kier molecular flexibility index (Phi) is 8.82. The molecule has 0 heterocycles. The highest BCUT2D eigenvalue weighted by Crippen LogP contribution is 2.28. The third-order valence-electron chi connectivity index (χ3n) is 3.87. The Morgan fingerprint density at radius 1 is 0.931 bits per heavy atom. The third kappa shape index (κ3) is 7.73. The first kappa shape index (κ1) is 22.1. The van der Waals surface area contributed by atoms with Crippen molar-refractivity contribution < 1.29 is 23.8 Å².